The third-order valence-corrected chi connectivity index (χ3v) is 5.87. The van der Waals surface area contributed by atoms with Gasteiger partial charge in [0.25, 0.3) is 10.0 Å². The van der Waals surface area contributed by atoms with E-state index in [1.54, 1.807) is 12.1 Å². The van der Waals surface area contributed by atoms with Gasteiger partial charge in [0.15, 0.2) is 0 Å². The summed E-state index contributed by atoms with van der Waals surface area (Å²) >= 11 is 0. The molecule has 2 aromatic rings. The van der Waals surface area contributed by atoms with E-state index in [1.165, 1.54) is 61.9 Å². The molecule has 0 aromatic heterocycles. The number of rotatable bonds is 11. The minimum Gasteiger partial charge on any atom is -0.478 e. The van der Waals surface area contributed by atoms with E-state index in [9.17, 15) is 18.3 Å². The fourth-order valence-corrected chi connectivity index (χ4v) is 4.20. The smallest absolute Gasteiger partial charge is 0.337 e. The van der Waals surface area contributed by atoms with Crippen molar-refractivity contribution in [1.82, 2.24) is 0 Å². The topological polar surface area (TPSA) is 83.5 Å². The lowest BCUT2D eigenvalue weighted by Crippen LogP contribution is -2.16. The molecule has 2 rings (SSSR count). The first-order chi connectivity index (χ1) is 12.9. The number of anilines is 1. The fraction of sp³-hybridized carbons (Fsp3) is 0.381. The molecule has 0 spiro atoms. The molecular weight excluding hydrogens is 362 g/mol. The second-order valence-electron chi connectivity index (χ2n) is 6.62. The Kier molecular flexibility index (Phi) is 7.85. The molecule has 2 aromatic carbocycles. The molecular formula is C21H27NO4S. The minimum atomic E-state index is -3.96. The van der Waals surface area contributed by atoms with Crippen LogP contribution in [0.1, 0.15) is 61.4 Å². The summed E-state index contributed by atoms with van der Waals surface area (Å²) in [5.41, 5.74) is 1.34. The maximum atomic E-state index is 12.5. The first-order valence-electron chi connectivity index (χ1n) is 9.38. The molecule has 0 radical (unpaired) electrons. The van der Waals surface area contributed by atoms with Gasteiger partial charge in [0.2, 0.25) is 0 Å². The van der Waals surface area contributed by atoms with Crippen LogP contribution in [0.2, 0.25) is 0 Å². The third kappa shape index (κ3) is 6.40. The van der Waals surface area contributed by atoms with E-state index in [1.807, 2.05) is 12.1 Å². The van der Waals surface area contributed by atoms with Gasteiger partial charge in [-0.3, -0.25) is 4.72 Å². The number of hydrogen-bond donors (Lipinski definition) is 2. The van der Waals surface area contributed by atoms with Crippen LogP contribution in [0.25, 0.3) is 0 Å². The Labute approximate surface area is 161 Å². The number of aryl methyl sites for hydroxylation is 1. The van der Waals surface area contributed by atoms with E-state index in [-0.39, 0.29) is 10.5 Å². The summed E-state index contributed by atoms with van der Waals surface area (Å²) < 4.78 is 27.5. The molecule has 0 fully saturated rings. The van der Waals surface area contributed by atoms with Crippen molar-refractivity contribution in [3.63, 3.8) is 0 Å². The normalized spacial score (nSPS) is 11.3. The molecule has 0 bridgehead atoms. The van der Waals surface area contributed by atoms with Gasteiger partial charge in [-0.1, -0.05) is 63.3 Å². The van der Waals surface area contributed by atoms with Crippen LogP contribution in [0.15, 0.2) is 53.4 Å². The Bertz CT molecular complexity index is 845. The molecule has 0 atom stereocenters. The Morgan fingerprint density at radius 3 is 2.22 bits per heavy atom. The summed E-state index contributed by atoms with van der Waals surface area (Å²) in [6.45, 7) is 2.20. The lowest BCUT2D eigenvalue weighted by atomic mass is 10.0. The van der Waals surface area contributed by atoms with Crippen LogP contribution in [0, 0.1) is 0 Å². The standard InChI is InChI=1S/C21H27NO4S/c1-2-3-4-5-6-7-10-17-13-15-18(16-14-17)22-27(25,26)20-12-9-8-11-19(20)21(23)24/h8-9,11-16,22H,2-7,10H2,1H3,(H,23,24). The van der Waals surface area contributed by atoms with Gasteiger partial charge in [-0.25, -0.2) is 13.2 Å². The molecule has 0 saturated carbocycles. The molecule has 0 unspecified atom stereocenters. The largest absolute Gasteiger partial charge is 0.478 e. The van der Waals surface area contributed by atoms with Crippen LogP contribution in [-0.2, 0) is 16.4 Å². The number of benzene rings is 2. The SMILES string of the molecule is CCCCCCCCc1ccc(NS(=O)(=O)c2ccccc2C(=O)O)cc1. The molecule has 0 aliphatic heterocycles. The van der Waals surface area contributed by atoms with E-state index < -0.39 is 16.0 Å². The number of nitrogens with one attached hydrogen (secondary N) is 1. The van der Waals surface area contributed by atoms with Gasteiger partial charge in [0, 0.05) is 5.69 Å². The van der Waals surface area contributed by atoms with Crippen LogP contribution in [0.5, 0.6) is 0 Å². The van der Waals surface area contributed by atoms with Crippen molar-refractivity contribution in [3.8, 4) is 0 Å². The fourth-order valence-electron chi connectivity index (χ4n) is 2.94. The Balaban J connectivity index is 1.97. The Morgan fingerprint density at radius 2 is 1.56 bits per heavy atom. The molecule has 2 N–H and O–H groups in total. The molecule has 146 valence electrons. The van der Waals surface area contributed by atoms with Gasteiger partial charge >= 0.3 is 5.97 Å². The lowest BCUT2D eigenvalue weighted by Gasteiger charge is -2.11. The van der Waals surface area contributed by atoms with Gasteiger partial charge < -0.3 is 5.11 Å². The van der Waals surface area contributed by atoms with E-state index in [2.05, 4.69) is 11.6 Å². The van der Waals surface area contributed by atoms with Crippen molar-refractivity contribution in [2.75, 3.05) is 4.72 Å². The summed E-state index contributed by atoms with van der Waals surface area (Å²) in [7, 11) is -3.96. The monoisotopic (exact) mass is 389 g/mol. The zero-order valence-electron chi connectivity index (χ0n) is 15.6. The second-order valence-corrected chi connectivity index (χ2v) is 8.27. The highest BCUT2D eigenvalue weighted by Crippen LogP contribution is 2.20. The average Bonchev–Trinajstić information content (AvgIpc) is 2.65. The number of carboxylic acids is 1. The van der Waals surface area contributed by atoms with E-state index in [4.69, 9.17) is 0 Å². The minimum absolute atomic E-state index is 0.242. The zero-order chi connectivity index (χ0) is 19.7. The van der Waals surface area contributed by atoms with Gasteiger partial charge in [0.05, 0.1) is 5.56 Å². The second kappa shape index (κ2) is 10.1. The summed E-state index contributed by atoms with van der Waals surface area (Å²) in [6.07, 6.45) is 8.39. The molecule has 27 heavy (non-hydrogen) atoms. The number of carboxylic acid groups (broad SMARTS) is 1. The number of aromatic carboxylic acids is 1. The van der Waals surface area contributed by atoms with Crippen molar-refractivity contribution in [1.29, 1.82) is 0 Å². The molecule has 0 aliphatic rings. The van der Waals surface area contributed by atoms with Crippen LogP contribution >= 0.6 is 0 Å². The highest BCUT2D eigenvalue weighted by Gasteiger charge is 2.21. The molecule has 0 heterocycles. The van der Waals surface area contributed by atoms with Crippen molar-refractivity contribution < 1.29 is 18.3 Å². The third-order valence-electron chi connectivity index (χ3n) is 4.43. The first kappa shape index (κ1) is 21.0. The van der Waals surface area contributed by atoms with E-state index in [0.717, 1.165) is 12.8 Å². The van der Waals surface area contributed by atoms with Gasteiger partial charge in [0.1, 0.15) is 4.90 Å². The van der Waals surface area contributed by atoms with Crippen molar-refractivity contribution in [2.45, 2.75) is 56.8 Å². The predicted octanol–water partition coefficient (Wildman–Crippen LogP) is 5.09. The Hall–Kier alpha value is -2.34. The molecule has 0 saturated heterocycles. The molecule has 6 heteroatoms. The molecule has 0 aliphatic carbocycles. The summed E-state index contributed by atoms with van der Waals surface area (Å²) in [5, 5.41) is 9.19. The maximum absolute atomic E-state index is 12.5. The highest BCUT2D eigenvalue weighted by molar-refractivity contribution is 7.92. The van der Waals surface area contributed by atoms with Gasteiger partial charge in [-0.2, -0.15) is 0 Å². The Morgan fingerprint density at radius 1 is 0.926 bits per heavy atom. The van der Waals surface area contributed by atoms with Crippen molar-refractivity contribution in [2.24, 2.45) is 0 Å². The molecule has 0 amide bonds. The quantitative estimate of drug-likeness (QED) is 0.524. The highest BCUT2D eigenvalue weighted by atomic mass is 32.2. The van der Waals surface area contributed by atoms with Crippen LogP contribution in [-0.4, -0.2) is 19.5 Å². The first-order valence-corrected chi connectivity index (χ1v) is 10.9. The maximum Gasteiger partial charge on any atom is 0.337 e. The predicted molar refractivity (Wildman–Crippen MR) is 108 cm³/mol. The summed E-state index contributed by atoms with van der Waals surface area (Å²) in [5.74, 6) is -1.27. The summed E-state index contributed by atoms with van der Waals surface area (Å²) in [4.78, 5) is 11.0. The van der Waals surface area contributed by atoms with Crippen molar-refractivity contribution >= 4 is 21.7 Å². The van der Waals surface area contributed by atoms with Gasteiger partial charge in [-0.05, 0) is 42.7 Å². The van der Waals surface area contributed by atoms with Gasteiger partial charge in [-0.15, -0.1) is 0 Å². The van der Waals surface area contributed by atoms with Crippen LogP contribution < -0.4 is 4.72 Å². The average molecular weight is 390 g/mol. The number of unbranched alkanes of at least 4 members (excludes halogenated alkanes) is 5. The number of sulfonamides is 1. The lowest BCUT2D eigenvalue weighted by molar-refractivity contribution is 0.0692. The van der Waals surface area contributed by atoms with Crippen molar-refractivity contribution in [3.05, 3.63) is 59.7 Å². The van der Waals surface area contributed by atoms with E-state index in [0.29, 0.717) is 5.69 Å². The number of carbonyl (C=O) groups is 1. The summed E-state index contributed by atoms with van der Waals surface area (Å²) in [6, 6.07) is 12.8. The van der Waals surface area contributed by atoms with Crippen LogP contribution in [0.3, 0.4) is 0 Å². The number of hydrogen-bond acceptors (Lipinski definition) is 3. The zero-order valence-corrected chi connectivity index (χ0v) is 16.5. The van der Waals surface area contributed by atoms with Crippen LogP contribution in [0.4, 0.5) is 5.69 Å². The van der Waals surface area contributed by atoms with E-state index >= 15 is 0 Å². The molecule has 5 nitrogen and oxygen atoms in total.